The standard InChI is InChI=1S/C24H39N5O2.HI/c1-19(2)17-21(28-13-15-31-16-14-28)18-27-24(25-3)26-11-6-9-23(30)29-12-10-20-7-4-5-8-22(20)29;/h4-5,7-8,19,21H,6,9-18H2,1-3H3,(H2,25,26,27);1H. The minimum absolute atomic E-state index is 0. The van der Waals surface area contributed by atoms with Gasteiger partial charge in [0.15, 0.2) is 5.96 Å². The molecule has 1 fully saturated rings. The fourth-order valence-corrected chi connectivity index (χ4v) is 4.46. The molecule has 3 rings (SSSR count). The Hall–Kier alpha value is -1.39. The third-order valence-corrected chi connectivity index (χ3v) is 6.08. The minimum Gasteiger partial charge on any atom is -0.379 e. The summed E-state index contributed by atoms with van der Waals surface area (Å²) >= 11 is 0. The molecule has 1 aromatic rings. The summed E-state index contributed by atoms with van der Waals surface area (Å²) in [6, 6.07) is 8.68. The Morgan fingerprint density at radius 3 is 2.62 bits per heavy atom. The van der Waals surface area contributed by atoms with Crippen molar-refractivity contribution in [1.82, 2.24) is 15.5 Å². The van der Waals surface area contributed by atoms with Gasteiger partial charge in [-0.2, -0.15) is 0 Å². The van der Waals surface area contributed by atoms with Gasteiger partial charge in [0.1, 0.15) is 0 Å². The zero-order chi connectivity index (χ0) is 22.1. The van der Waals surface area contributed by atoms with Gasteiger partial charge in [-0.15, -0.1) is 24.0 Å². The van der Waals surface area contributed by atoms with Crippen LogP contribution < -0.4 is 15.5 Å². The number of ether oxygens (including phenoxy) is 1. The summed E-state index contributed by atoms with van der Waals surface area (Å²) in [6.07, 6.45) is 3.44. The van der Waals surface area contributed by atoms with Gasteiger partial charge in [0.05, 0.1) is 13.2 Å². The number of rotatable bonds is 9. The summed E-state index contributed by atoms with van der Waals surface area (Å²) in [5.41, 5.74) is 2.35. The summed E-state index contributed by atoms with van der Waals surface area (Å²) < 4.78 is 5.51. The summed E-state index contributed by atoms with van der Waals surface area (Å²) in [4.78, 5) is 21.5. The number of amides is 1. The van der Waals surface area contributed by atoms with Crippen LogP contribution in [0, 0.1) is 5.92 Å². The molecule has 8 heteroatoms. The molecule has 7 nitrogen and oxygen atoms in total. The van der Waals surface area contributed by atoms with E-state index in [2.05, 4.69) is 40.4 Å². The number of benzene rings is 1. The lowest BCUT2D eigenvalue weighted by Crippen LogP contribution is -2.51. The van der Waals surface area contributed by atoms with Crippen LogP contribution in [-0.2, 0) is 16.0 Å². The van der Waals surface area contributed by atoms with Crippen molar-refractivity contribution in [2.45, 2.75) is 45.6 Å². The fraction of sp³-hybridized carbons (Fsp3) is 0.667. The Morgan fingerprint density at radius 2 is 1.91 bits per heavy atom. The van der Waals surface area contributed by atoms with E-state index in [0.717, 1.165) is 76.8 Å². The van der Waals surface area contributed by atoms with Crippen molar-refractivity contribution in [3.8, 4) is 0 Å². The lowest BCUT2D eigenvalue weighted by atomic mass is 10.0. The molecule has 2 N–H and O–H groups in total. The lowest BCUT2D eigenvalue weighted by Gasteiger charge is -2.35. The van der Waals surface area contributed by atoms with Crippen LogP contribution in [0.1, 0.15) is 38.7 Å². The summed E-state index contributed by atoms with van der Waals surface area (Å²) in [5, 5.41) is 6.86. The Morgan fingerprint density at radius 1 is 1.16 bits per heavy atom. The summed E-state index contributed by atoms with van der Waals surface area (Å²) in [6.45, 7) is 10.6. The topological polar surface area (TPSA) is 69.2 Å². The number of fused-ring (bicyclic) bond motifs is 1. The molecule has 1 amide bonds. The molecule has 0 saturated carbocycles. The number of nitrogens with one attached hydrogen (secondary N) is 2. The number of morpholine rings is 1. The van der Waals surface area contributed by atoms with Crippen molar-refractivity contribution in [2.24, 2.45) is 10.9 Å². The molecule has 1 unspecified atom stereocenters. The van der Waals surface area contributed by atoms with Crippen LogP contribution in [0.3, 0.4) is 0 Å². The van der Waals surface area contributed by atoms with E-state index >= 15 is 0 Å². The number of hydrogen-bond donors (Lipinski definition) is 2. The Balaban J connectivity index is 0.00000363. The number of carbonyl (C=O) groups excluding carboxylic acids is 1. The highest BCUT2D eigenvalue weighted by Crippen LogP contribution is 2.27. The summed E-state index contributed by atoms with van der Waals surface area (Å²) in [7, 11) is 1.80. The van der Waals surface area contributed by atoms with E-state index in [0.29, 0.717) is 18.4 Å². The average molecular weight is 558 g/mol. The van der Waals surface area contributed by atoms with Crippen LogP contribution in [0.2, 0.25) is 0 Å². The van der Waals surface area contributed by atoms with Gasteiger partial charge in [-0.1, -0.05) is 32.0 Å². The van der Waals surface area contributed by atoms with Crippen LogP contribution in [0.25, 0.3) is 0 Å². The van der Waals surface area contributed by atoms with Gasteiger partial charge in [-0.25, -0.2) is 0 Å². The molecule has 32 heavy (non-hydrogen) atoms. The highest BCUT2D eigenvalue weighted by Gasteiger charge is 2.24. The van der Waals surface area contributed by atoms with Gasteiger partial charge in [0.25, 0.3) is 0 Å². The highest BCUT2D eigenvalue weighted by molar-refractivity contribution is 14.0. The number of halogens is 1. The first kappa shape index (κ1) is 26.9. The molecule has 0 bridgehead atoms. The van der Waals surface area contributed by atoms with E-state index in [-0.39, 0.29) is 29.9 Å². The minimum atomic E-state index is 0. The van der Waals surface area contributed by atoms with Crippen molar-refractivity contribution in [3.63, 3.8) is 0 Å². The second kappa shape index (κ2) is 14.0. The van der Waals surface area contributed by atoms with Crippen LogP contribution >= 0.6 is 24.0 Å². The molecule has 0 aliphatic carbocycles. The maximum Gasteiger partial charge on any atom is 0.227 e. The predicted octanol–water partition coefficient (Wildman–Crippen LogP) is 2.89. The number of carbonyl (C=O) groups is 1. The van der Waals surface area contributed by atoms with E-state index in [4.69, 9.17) is 4.74 Å². The van der Waals surface area contributed by atoms with Crippen LogP contribution in [0.5, 0.6) is 0 Å². The predicted molar refractivity (Wildman–Crippen MR) is 142 cm³/mol. The maximum absolute atomic E-state index is 12.7. The first-order valence-corrected chi connectivity index (χ1v) is 11.7. The van der Waals surface area contributed by atoms with E-state index in [1.807, 2.05) is 23.1 Å². The van der Waals surface area contributed by atoms with Gasteiger partial charge >= 0.3 is 0 Å². The number of para-hydroxylation sites is 1. The third kappa shape index (κ3) is 7.88. The number of nitrogens with zero attached hydrogens (tertiary/aromatic N) is 3. The molecule has 0 radical (unpaired) electrons. The van der Waals surface area contributed by atoms with Gasteiger partial charge < -0.3 is 20.3 Å². The SMILES string of the molecule is CN=C(NCCCC(=O)N1CCc2ccccc21)NCC(CC(C)C)N1CCOCC1.I. The molecule has 2 aliphatic rings. The Kier molecular flexibility index (Phi) is 11.7. The molecule has 1 saturated heterocycles. The largest absolute Gasteiger partial charge is 0.379 e. The molecular formula is C24H40IN5O2. The fourth-order valence-electron chi connectivity index (χ4n) is 4.46. The molecule has 180 valence electrons. The second-order valence-corrected chi connectivity index (χ2v) is 8.84. The van der Waals surface area contributed by atoms with Crippen molar-refractivity contribution in [1.29, 1.82) is 0 Å². The zero-order valence-corrected chi connectivity index (χ0v) is 22.1. The van der Waals surface area contributed by atoms with E-state index < -0.39 is 0 Å². The lowest BCUT2D eigenvalue weighted by molar-refractivity contribution is -0.118. The number of aliphatic imine (C=N–C) groups is 1. The Labute approximate surface area is 210 Å². The normalized spacial score (nSPS) is 17.6. The molecular weight excluding hydrogens is 517 g/mol. The van der Waals surface area contributed by atoms with Gasteiger partial charge in [0.2, 0.25) is 5.91 Å². The van der Waals surface area contributed by atoms with Crippen molar-refractivity contribution >= 4 is 41.5 Å². The van der Waals surface area contributed by atoms with Gasteiger partial charge in [0, 0.05) is 57.9 Å². The zero-order valence-electron chi connectivity index (χ0n) is 19.8. The maximum atomic E-state index is 12.7. The Bertz CT molecular complexity index is 737. The quantitative estimate of drug-likeness (QED) is 0.212. The van der Waals surface area contributed by atoms with Crippen LogP contribution in [0.15, 0.2) is 29.3 Å². The highest BCUT2D eigenvalue weighted by atomic mass is 127. The first-order chi connectivity index (χ1) is 15.1. The number of anilines is 1. The number of hydrogen-bond acceptors (Lipinski definition) is 4. The monoisotopic (exact) mass is 557 g/mol. The third-order valence-electron chi connectivity index (χ3n) is 6.08. The van der Waals surface area contributed by atoms with Crippen molar-refractivity contribution in [3.05, 3.63) is 29.8 Å². The molecule has 1 aromatic carbocycles. The van der Waals surface area contributed by atoms with Crippen LogP contribution in [0.4, 0.5) is 5.69 Å². The molecule has 0 aromatic heterocycles. The number of guanidine groups is 1. The second-order valence-electron chi connectivity index (χ2n) is 8.84. The van der Waals surface area contributed by atoms with E-state index in [1.54, 1.807) is 7.05 Å². The van der Waals surface area contributed by atoms with E-state index in [1.165, 1.54) is 5.56 Å². The van der Waals surface area contributed by atoms with Crippen molar-refractivity contribution < 1.29 is 9.53 Å². The first-order valence-electron chi connectivity index (χ1n) is 11.7. The summed E-state index contributed by atoms with van der Waals surface area (Å²) in [5.74, 6) is 1.66. The molecule has 0 spiro atoms. The van der Waals surface area contributed by atoms with Gasteiger partial charge in [-0.05, 0) is 36.8 Å². The van der Waals surface area contributed by atoms with Crippen LogP contribution in [-0.4, -0.2) is 75.8 Å². The van der Waals surface area contributed by atoms with Gasteiger partial charge in [-0.3, -0.25) is 14.7 Å². The molecule has 2 aliphatic heterocycles. The van der Waals surface area contributed by atoms with E-state index in [9.17, 15) is 4.79 Å². The molecule has 1 atom stereocenters. The van der Waals surface area contributed by atoms with Crippen molar-refractivity contribution in [2.75, 3.05) is 57.9 Å². The smallest absolute Gasteiger partial charge is 0.227 e. The molecule has 2 heterocycles. The average Bonchev–Trinajstić information content (AvgIpc) is 3.22.